The molecule has 3 rings (SSSR count). The molecule has 5 nitrogen and oxygen atoms in total. The van der Waals surface area contributed by atoms with Crippen LogP contribution in [0.3, 0.4) is 0 Å². The molecule has 1 amide bonds. The molecule has 152 valence electrons. The highest BCUT2D eigenvalue weighted by Gasteiger charge is 2.23. The highest BCUT2D eigenvalue weighted by molar-refractivity contribution is 7.73. The molecule has 1 unspecified atom stereocenters. The normalized spacial score (nSPS) is 15.1. The van der Waals surface area contributed by atoms with Crippen molar-refractivity contribution in [1.29, 1.82) is 5.26 Å². The van der Waals surface area contributed by atoms with Gasteiger partial charge in [0.15, 0.2) is 0 Å². The summed E-state index contributed by atoms with van der Waals surface area (Å²) in [4.78, 5) is 12.4. The number of carbonyl (C=O) groups is 1. The topological polar surface area (TPSA) is 71.3 Å². The first-order chi connectivity index (χ1) is 14.0. The quantitative estimate of drug-likeness (QED) is 0.480. The van der Waals surface area contributed by atoms with Crippen molar-refractivity contribution >= 4 is 34.5 Å². The van der Waals surface area contributed by atoms with E-state index in [0.29, 0.717) is 35.9 Å². The van der Waals surface area contributed by atoms with Crippen molar-refractivity contribution in [2.75, 3.05) is 19.0 Å². The van der Waals surface area contributed by atoms with Crippen molar-refractivity contribution in [2.45, 2.75) is 39.0 Å². The van der Waals surface area contributed by atoms with Crippen LogP contribution >= 0.6 is 23.6 Å². The Labute approximate surface area is 180 Å². The van der Waals surface area contributed by atoms with Crippen LogP contribution in [0.25, 0.3) is 0 Å². The lowest BCUT2D eigenvalue weighted by Crippen LogP contribution is -2.17. The average molecular weight is 429 g/mol. The number of ether oxygens (including phenoxy) is 2. The van der Waals surface area contributed by atoms with Crippen molar-refractivity contribution in [1.82, 2.24) is 0 Å². The van der Waals surface area contributed by atoms with E-state index in [1.807, 2.05) is 24.3 Å². The van der Waals surface area contributed by atoms with E-state index >= 15 is 0 Å². The minimum absolute atomic E-state index is 0.130. The molecule has 0 saturated heterocycles. The number of amides is 1. The number of methoxy groups -OCH3 is 1. The zero-order valence-corrected chi connectivity index (χ0v) is 18.3. The number of benzene rings is 1. The summed E-state index contributed by atoms with van der Waals surface area (Å²) < 4.78 is 11.5. The van der Waals surface area contributed by atoms with Gasteiger partial charge in [0, 0.05) is 6.42 Å². The summed E-state index contributed by atoms with van der Waals surface area (Å²) in [6.45, 7) is 2.64. The van der Waals surface area contributed by atoms with Crippen molar-refractivity contribution in [3.63, 3.8) is 0 Å². The zero-order valence-electron chi connectivity index (χ0n) is 16.6. The fourth-order valence-corrected chi connectivity index (χ4v) is 4.84. The van der Waals surface area contributed by atoms with Crippen molar-refractivity contribution in [2.24, 2.45) is 5.92 Å². The standard InChI is InChI=1S/C22H24N2O3S2/c1-14-5-10-17-18(12-14)22(28)29-21(19(17)13-23)24-20(25)4-3-11-27-16-8-6-15(26-2)7-9-16/h6-9,14H,3-5,10-12H2,1-2H3,(H,24,25). The Morgan fingerprint density at radius 3 is 2.72 bits per heavy atom. The van der Waals surface area contributed by atoms with Gasteiger partial charge >= 0.3 is 0 Å². The molecule has 0 saturated carbocycles. The molecule has 0 radical (unpaired) electrons. The number of rotatable bonds is 7. The van der Waals surface area contributed by atoms with Crippen molar-refractivity contribution in [3.05, 3.63) is 44.8 Å². The second kappa shape index (κ2) is 9.86. The van der Waals surface area contributed by atoms with Gasteiger partial charge in [0.1, 0.15) is 22.6 Å². The summed E-state index contributed by atoms with van der Waals surface area (Å²) in [7, 11) is 1.62. The number of hydrogen-bond donors (Lipinski definition) is 1. The van der Waals surface area contributed by atoms with E-state index in [1.54, 1.807) is 7.11 Å². The molecule has 1 aromatic heterocycles. The van der Waals surface area contributed by atoms with Gasteiger partial charge < -0.3 is 14.8 Å². The molecular weight excluding hydrogens is 404 g/mol. The third kappa shape index (κ3) is 5.34. The van der Waals surface area contributed by atoms with Crippen LogP contribution in [-0.4, -0.2) is 19.6 Å². The van der Waals surface area contributed by atoms with Crippen LogP contribution in [0.1, 0.15) is 42.9 Å². The van der Waals surface area contributed by atoms with Gasteiger partial charge in [0.2, 0.25) is 5.91 Å². The molecule has 1 heterocycles. The summed E-state index contributed by atoms with van der Waals surface area (Å²) in [6, 6.07) is 9.61. The summed E-state index contributed by atoms with van der Waals surface area (Å²) >= 11 is 6.88. The number of hydrogen-bond acceptors (Lipinski definition) is 6. The Kier molecular flexibility index (Phi) is 7.24. The van der Waals surface area contributed by atoms with Gasteiger partial charge in [-0.25, -0.2) is 0 Å². The number of nitrogens with one attached hydrogen (secondary N) is 1. The van der Waals surface area contributed by atoms with Crippen LogP contribution in [0.5, 0.6) is 11.5 Å². The lowest BCUT2D eigenvalue weighted by atomic mass is 9.85. The van der Waals surface area contributed by atoms with Crippen LogP contribution in [0.4, 0.5) is 5.00 Å². The molecule has 1 aliphatic rings. The maximum atomic E-state index is 12.4. The molecule has 0 fully saturated rings. The molecule has 0 bridgehead atoms. The fraction of sp³-hybridized carbons (Fsp3) is 0.409. The Morgan fingerprint density at radius 2 is 2.03 bits per heavy atom. The second-order valence-corrected chi connectivity index (χ2v) is 8.87. The number of nitriles is 1. The number of carbonyl (C=O) groups excluding carboxylic acids is 1. The Hall–Kier alpha value is -2.43. The molecule has 29 heavy (non-hydrogen) atoms. The molecule has 2 aromatic rings. The monoisotopic (exact) mass is 428 g/mol. The maximum Gasteiger partial charge on any atom is 0.225 e. The first kappa shape index (κ1) is 21.3. The molecule has 7 heteroatoms. The fourth-order valence-electron chi connectivity index (χ4n) is 3.43. The third-order valence-corrected chi connectivity index (χ3v) is 6.45. The Bertz CT molecular complexity index is 977. The maximum absolute atomic E-state index is 12.4. The minimum Gasteiger partial charge on any atom is -0.497 e. The van der Waals surface area contributed by atoms with Crippen LogP contribution in [0, 0.1) is 21.1 Å². The van der Waals surface area contributed by atoms with Crippen LogP contribution < -0.4 is 14.8 Å². The van der Waals surface area contributed by atoms with Crippen LogP contribution in [-0.2, 0) is 17.6 Å². The van der Waals surface area contributed by atoms with Crippen LogP contribution in [0.15, 0.2) is 24.3 Å². The lowest BCUT2D eigenvalue weighted by Gasteiger charge is -2.23. The van der Waals surface area contributed by atoms with E-state index in [9.17, 15) is 10.1 Å². The van der Waals surface area contributed by atoms with E-state index < -0.39 is 0 Å². The van der Waals surface area contributed by atoms with E-state index in [-0.39, 0.29) is 5.91 Å². The van der Waals surface area contributed by atoms with Crippen molar-refractivity contribution < 1.29 is 14.3 Å². The molecule has 1 N–H and O–H groups in total. The lowest BCUT2D eigenvalue weighted by molar-refractivity contribution is -0.116. The summed E-state index contributed by atoms with van der Waals surface area (Å²) in [5, 5.41) is 13.1. The molecule has 0 spiro atoms. The second-order valence-electron chi connectivity index (χ2n) is 7.19. The highest BCUT2D eigenvalue weighted by atomic mass is 32.1. The predicted octanol–water partition coefficient (Wildman–Crippen LogP) is 5.28. The molecule has 1 aliphatic carbocycles. The largest absolute Gasteiger partial charge is 0.497 e. The Balaban J connectivity index is 1.57. The van der Waals surface area contributed by atoms with Gasteiger partial charge in [-0.3, -0.25) is 4.79 Å². The van der Waals surface area contributed by atoms with E-state index in [2.05, 4.69) is 18.3 Å². The van der Waals surface area contributed by atoms with E-state index in [4.69, 9.17) is 21.7 Å². The van der Waals surface area contributed by atoms with Gasteiger partial charge in [-0.15, -0.1) is 11.3 Å². The average Bonchev–Trinajstić information content (AvgIpc) is 2.72. The van der Waals surface area contributed by atoms with Gasteiger partial charge in [-0.1, -0.05) is 19.1 Å². The van der Waals surface area contributed by atoms with Crippen LogP contribution in [0.2, 0.25) is 0 Å². The Morgan fingerprint density at radius 1 is 1.31 bits per heavy atom. The smallest absolute Gasteiger partial charge is 0.225 e. The van der Waals surface area contributed by atoms with E-state index in [1.165, 1.54) is 11.3 Å². The van der Waals surface area contributed by atoms with Gasteiger partial charge in [0.25, 0.3) is 0 Å². The summed E-state index contributed by atoms with van der Waals surface area (Å²) in [5.74, 6) is 1.95. The number of fused-ring (bicyclic) bond motifs is 1. The molecule has 1 aromatic carbocycles. The predicted molar refractivity (Wildman–Crippen MR) is 117 cm³/mol. The highest BCUT2D eigenvalue weighted by Crippen LogP contribution is 2.36. The SMILES string of the molecule is COc1ccc(OCCCC(=O)Nc2sc(=S)c3c(c2C#N)CCC(C)C3)cc1. The summed E-state index contributed by atoms with van der Waals surface area (Å²) in [5.41, 5.74) is 2.71. The first-order valence-corrected chi connectivity index (χ1v) is 10.9. The third-order valence-electron chi connectivity index (χ3n) is 5.02. The number of nitrogens with zero attached hydrogens (tertiary/aromatic N) is 1. The van der Waals surface area contributed by atoms with Gasteiger partial charge in [-0.2, -0.15) is 5.26 Å². The summed E-state index contributed by atoms with van der Waals surface area (Å²) in [6.07, 6.45) is 3.69. The van der Waals surface area contributed by atoms with Gasteiger partial charge in [-0.05, 0) is 67.0 Å². The van der Waals surface area contributed by atoms with E-state index in [0.717, 1.165) is 45.7 Å². The zero-order chi connectivity index (χ0) is 20.8. The van der Waals surface area contributed by atoms with Crippen molar-refractivity contribution in [3.8, 4) is 17.6 Å². The number of anilines is 1. The molecule has 0 aliphatic heterocycles. The first-order valence-electron chi connectivity index (χ1n) is 9.67. The molecule has 1 atom stereocenters. The minimum atomic E-state index is -0.130. The molecular formula is C22H24N2O3S2. The van der Waals surface area contributed by atoms with Gasteiger partial charge in [0.05, 0.1) is 23.1 Å².